The molecule has 1 rings (SSSR count). The van der Waals surface area contributed by atoms with E-state index >= 15 is 0 Å². The lowest BCUT2D eigenvalue weighted by Crippen LogP contribution is -1.88. The lowest BCUT2D eigenvalue weighted by molar-refractivity contribution is 0.535. The van der Waals surface area contributed by atoms with Gasteiger partial charge in [-0.2, -0.15) is 0 Å². The minimum absolute atomic E-state index is 0.0923. The fourth-order valence-electron chi connectivity index (χ4n) is 2.76. The molecule has 21 heavy (non-hydrogen) atoms. The molecule has 0 unspecified atom stereocenters. The molecule has 0 radical (unpaired) electrons. The minimum Gasteiger partial charge on any atom is -0.212 e. The maximum atomic E-state index is 14.3. The van der Waals surface area contributed by atoms with Crippen LogP contribution in [0, 0.1) is 0 Å². The van der Waals surface area contributed by atoms with Crippen LogP contribution < -0.4 is 0 Å². The summed E-state index contributed by atoms with van der Waals surface area (Å²) in [7, 11) is 0. The molecule has 0 aromatic heterocycles. The molecule has 0 aliphatic rings. The molecule has 0 saturated carbocycles. The third-order valence-corrected chi connectivity index (χ3v) is 4.05. The lowest BCUT2D eigenvalue weighted by atomic mass is 10.00. The Morgan fingerprint density at radius 1 is 0.810 bits per heavy atom. The van der Waals surface area contributed by atoms with Crippen LogP contribution in [-0.2, 0) is 0 Å². The number of unbranched alkanes of at least 4 members (excludes halogenated alkanes) is 7. The van der Waals surface area contributed by atoms with E-state index in [-0.39, 0.29) is 5.83 Å². The quantitative estimate of drug-likeness (QED) is 0.375. The Labute approximate surface area is 130 Å². The molecule has 0 bridgehead atoms. The monoisotopic (exact) mass is 290 g/mol. The largest absolute Gasteiger partial charge is 0.212 e. The van der Waals surface area contributed by atoms with Crippen molar-refractivity contribution in [3.05, 3.63) is 41.7 Å². The Bertz CT molecular complexity index is 392. The van der Waals surface area contributed by atoms with E-state index in [1.165, 1.54) is 38.5 Å². The molecule has 0 amide bonds. The normalized spacial score (nSPS) is 12.3. The first-order chi connectivity index (χ1) is 10.3. The molecule has 0 atom stereocenters. The summed E-state index contributed by atoms with van der Waals surface area (Å²) in [4.78, 5) is 0. The van der Waals surface area contributed by atoms with Gasteiger partial charge in [-0.05, 0) is 30.4 Å². The van der Waals surface area contributed by atoms with Gasteiger partial charge in [0.25, 0.3) is 0 Å². The van der Waals surface area contributed by atoms with Gasteiger partial charge in [0, 0.05) is 0 Å². The summed E-state index contributed by atoms with van der Waals surface area (Å²) < 4.78 is 14.3. The summed E-state index contributed by atoms with van der Waals surface area (Å²) in [6.07, 6.45) is 11.4. The standard InChI is InChI=1S/C20H31F/c1-3-5-6-7-8-9-10-14-17-20(21)19(4-2)18-15-12-11-13-16-18/h11-13,15-16H,3-10,14,17H2,1-2H3/b20-19-. The fraction of sp³-hybridized carbons (Fsp3) is 0.600. The number of benzene rings is 1. The highest BCUT2D eigenvalue weighted by molar-refractivity contribution is 5.66. The molecule has 1 aromatic carbocycles. The van der Waals surface area contributed by atoms with Crippen molar-refractivity contribution in [2.24, 2.45) is 0 Å². The van der Waals surface area contributed by atoms with Gasteiger partial charge in [0.1, 0.15) is 5.83 Å². The van der Waals surface area contributed by atoms with E-state index in [0.29, 0.717) is 6.42 Å². The molecule has 0 heterocycles. The van der Waals surface area contributed by atoms with Crippen LogP contribution in [0.15, 0.2) is 36.2 Å². The minimum atomic E-state index is 0.0923. The van der Waals surface area contributed by atoms with Crippen LogP contribution in [0.25, 0.3) is 5.57 Å². The molecule has 0 N–H and O–H groups in total. The predicted octanol–water partition coefficient (Wildman–Crippen LogP) is 7.31. The van der Waals surface area contributed by atoms with Crippen molar-refractivity contribution in [1.29, 1.82) is 0 Å². The number of hydrogen-bond donors (Lipinski definition) is 0. The van der Waals surface area contributed by atoms with Crippen molar-refractivity contribution in [1.82, 2.24) is 0 Å². The molecular formula is C20H31F. The van der Waals surface area contributed by atoms with E-state index in [2.05, 4.69) is 6.92 Å². The van der Waals surface area contributed by atoms with E-state index in [1.807, 2.05) is 37.3 Å². The van der Waals surface area contributed by atoms with Gasteiger partial charge >= 0.3 is 0 Å². The van der Waals surface area contributed by atoms with Crippen molar-refractivity contribution in [3.63, 3.8) is 0 Å². The number of hydrogen-bond acceptors (Lipinski definition) is 0. The second-order valence-electron chi connectivity index (χ2n) is 5.83. The van der Waals surface area contributed by atoms with Gasteiger partial charge in [-0.15, -0.1) is 0 Å². The SMILES string of the molecule is CCCCCCCCCC/C(F)=C(\CC)c1ccccc1. The zero-order valence-electron chi connectivity index (χ0n) is 13.8. The Balaban J connectivity index is 2.28. The highest BCUT2D eigenvalue weighted by Gasteiger charge is 2.07. The zero-order valence-corrected chi connectivity index (χ0v) is 13.8. The van der Waals surface area contributed by atoms with Crippen LogP contribution in [0.3, 0.4) is 0 Å². The van der Waals surface area contributed by atoms with Crippen molar-refractivity contribution < 1.29 is 4.39 Å². The van der Waals surface area contributed by atoms with Gasteiger partial charge in [-0.1, -0.05) is 89.1 Å². The van der Waals surface area contributed by atoms with Gasteiger partial charge < -0.3 is 0 Å². The van der Waals surface area contributed by atoms with Gasteiger partial charge in [0.05, 0.1) is 0 Å². The van der Waals surface area contributed by atoms with E-state index in [9.17, 15) is 4.39 Å². The Kier molecular flexibility index (Phi) is 9.86. The molecule has 0 saturated heterocycles. The first-order valence-electron chi connectivity index (χ1n) is 8.72. The van der Waals surface area contributed by atoms with Gasteiger partial charge in [0.2, 0.25) is 0 Å². The van der Waals surface area contributed by atoms with Crippen molar-refractivity contribution in [3.8, 4) is 0 Å². The molecule has 0 spiro atoms. The molecule has 1 aromatic rings. The second-order valence-corrected chi connectivity index (χ2v) is 5.83. The van der Waals surface area contributed by atoms with Crippen LogP contribution in [-0.4, -0.2) is 0 Å². The summed E-state index contributed by atoms with van der Waals surface area (Å²) in [6.45, 7) is 4.28. The van der Waals surface area contributed by atoms with Crippen molar-refractivity contribution in [2.75, 3.05) is 0 Å². The first kappa shape index (κ1) is 17.9. The summed E-state index contributed by atoms with van der Waals surface area (Å²) in [5.41, 5.74) is 1.93. The molecule has 0 aliphatic heterocycles. The predicted molar refractivity (Wildman–Crippen MR) is 92.0 cm³/mol. The lowest BCUT2D eigenvalue weighted by Gasteiger charge is -2.08. The number of halogens is 1. The molecule has 0 nitrogen and oxygen atoms in total. The van der Waals surface area contributed by atoms with Gasteiger partial charge in [0.15, 0.2) is 0 Å². The van der Waals surface area contributed by atoms with Crippen LogP contribution in [0.5, 0.6) is 0 Å². The Morgan fingerprint density at radius 2 is 1.38 bits per heavy atom. The third-order valence-electron chi connectivity index (χ3n) is 4.05. The Morgan fingerprint density at radius 3 is 1.95 bits per heavy atom. The maximum absolute atomic E-state index is 14.3. The van der Waals surface area contributed by atoms with E-state index in [1.54, 1.807) is 0 Å². The fourth-order valence-corrected chi connectivity index (χ4v) is 2.76. The average molecular weight is 290 g/mol. The van der Waals surface area contributed by atoms with E-state index < -0.39 is 0 Å². The van der Waals surface area contributed by atoms with Crippen LogP contribution in [0.2, 0.25) is 0 Å². The summed E-state index contributed by atoms with van der Waals surface area (Å²) in [5, 5.41) is 0. The highest BCUT2D eigenvalue weighted by atomic mass is 19.1. The first-order valence-corrected chi connectivity index (χ1v) is 8.72. The van der Waals surface area contributed by atoms with Crippen LogP contribution >= 0.6 is 0 Å². The number of rotatable bonds is 11. The summed E-state index contributed by atoms with van der Waals surface area (Å²) in [6, 6.07) is 9.95. The van der Waals surface area contributed by atoms with E-state index in [4.69, 9.17) is 0 Å². The zero-order chi connectivity index (χ0) is 15.3. The topological polar surface area (TPSA) is 0 Å². The number of allylic oxidation sites excluding steroid dienone is 2. The molecule has 1 heteroatoms. The van der Waals surface area contributed by atoms with Crippen LogP contribution in [0.1, 0.15) is 83.6 Å². The van der Waals surface area contributed by atoms with Gasteiger partial charge in [-0.25, -0.2) is 4.39 Å². The third kappa shape index (κ3) is 7.45. The Hall–Kier alpha value is -1.11. The molecule has 0 aliphatic carbocycles. The van der Waals surface area contributed by atoms with E-state index in [0.717, 1.165) is 30.4 Å². The van der Waals surface area contributed by atoms with Gasteiger partial charge in [-0.3, -0.25) is 0 Å². The van der Waals surface area contributed by atoms with Crippen LogP contribution in [0.4, 0.5) is 4.39 Å². The summed E-state index contributed by atoms with van der Waals surface area (Å²) >= 11 is 0. The smallest absolute Gasteiger partial charge is 0.104 e. The van der Waals surface area contributed by atoms with Crippen molar-refractivity contribution >= 4 is 5.57 Å². The summed E-state index contributed by atoms with van der Waals surface area (Å²) in [5.74, 6) is 0.0923. The molecule has 118 valence electrons. The maximum Gasteiger partial charge on any atom is 0.104 e. The molecular weight excluding hydrogens is 259 g/mol. The molecule has 0 fully saturated rings. The second kappa shape index (κ2) is 11.5. The average Bonchev–Trinajstić information content (AvgIpc) is 2.52. The van der Waals surface area contributed by atoms with Crippen molar-refractivity contribution in [2.45, 2.75) is 78.1 Å². The highest BCUT2D eigenvalue weighted by Crippen LogP contribution is 2.26.